The number of carbonyl (C=O) groups excluding carboxylic acids is 2. The SMILES string of the molecule is CCOCC(=O)N1CCC[C@@H](COc2ccc(C(=O)N3CCOCC3)cc2)C1. The summed E-state index contributed by atoms with van der Waals surface area (Å²) in [6.07, 6.45) is 2.03. The first-order valence-electron chi connectivity index (χ1n) is 10.1. The third-order valence-corrected chi connectivity index (χ3v) is 5.19. The van der Waals surface area contributed by atoms with Crippen LogP contribution in [0.15, 0.2) is 24.3 Å². The van der Waals surface area contributed by atoms with E-state index in [0.717, 1.165) is 25.1 Å². The summed E-state index contributed by atoms with van der Waals surface area (Å²) in [4.78, 5) is 28.3. The second kappa shape index (κ2) is 10.4. The fourth-order valence-electron chi connectivity index (χ4n) is 3.57. The molecule has 1 aromatic rings. The van der Waals surface area contributed by atoms with E-state index in [1.807, 2.05) is 41.0 Å². The van der Waals surface area contributed by atoms with E-state index in [0.29, 0.717) is 57.5 Å². The Balaban J connectivity index is 1.46. The van der Waals surface area contributed by atoms with Crippen molar-refractivity contribution < 1.29 is 23.8 Å². The molecule has 0 bridgehead atoms. The molecule has 0 unspecified atom stereocenters. The molecule has 0 aromatic heterocycles. The van der Waals surface area contributed by atoms with Crippen LogP contribution in [0.25, 0.3) is 0 Å². The number of nitrogens with zero attached hydrogens (tertiary/aromatic N) is 2. The number of morpholine rings is 1. The van der Waals surface area contributed by atoms with Gasteiger partial charge in [-0.3, -0.25) is 9.59 Å². The number of benzene rings is 1. The molecule has 1 aromatic carbocycles. The van der Waals surface area contributed by atoms with Crippen molar-refractivity contribution in [3.63, 3.8) is 0 Å². The van der Waals surface area contributed by atoms with Gasteiger partial charge in [0.1, 0.15) is 12.4 Å². The molecule has 2 amide bonds. The lowest BCUT2D eigenvalue weighted by atomic mass is 9.99. The highest BCUT2D eigenvalue weighted by Gasteiger charge is 2.24. The molecule has 2 aliphatic rings. The lowest BCUT2D eigenvalue weighted by Crippen LogP contribution is -2.43. The number of amides is 2. The maximum absolute atomic E-state index is 12.5. The second-order valence-corrected chi connectivity index (χ2v) is 7.23. The molecule has 28 heavy (non-hydrogen) atoms. The van der Waals surface area contributed by atoms with E-state index in [1.165, 1.54) is 0 Å². The number of likely N-dealkylation sites (tertiary alicyclic amines) is 1. The molecular weight excluding hydrogens is 360 g/mol. The van der Waals surface area contributed by atoms with Crippen molar-refractivity contribution in [3.8, 4) is 5.75 Å². The standard InChI is InChI=1S/C21H30N2O5/c1-2-26-16-20(24)23-9-3-4-17(14-23)15-28-19-7-5-18(6-8-19)21(25)22-10-12-27-13-11-22/h5-8,17H,2-4,9-16H2,1H3/t17-/m1/s1. The molecule has 0 N–H and O–H groups in total. The summed E-state index contributed by atoms with van der Waals surface area (Å²) in [6, 6.07) is 7.31. The quantitative estimate of drug-likeness (QED) is 0.710. The van der Waals surface area contributed by atoms with E-state index in [1.54, 1.807) is 0 Å². The van der Waals surface area contributed by atoms with Gasteiger partial charge < -0.3 is 24.0 Å². The van der Waals surface area contributed by atoms with Gasteiger partial charge in [-0.1, -0.05) is 0 Å². The number of hydrogen-bond acceptors (Lipinski definition) is 5. The molecule has 3 rings (SSSR count). The molecule has 0 spiro atoms. The average Bonchev–Trinajstić information content (AvgIpc) is 2.76. The van der Waals surface area contributed by atoms with Crippen LogP contribution in [-0.4, -0.2) is 80.8 Å². The second-order valence-electron chi connectivity index (χ2n) is 7.23. The summed E-state index contributed by atoms with van der Waals surface area (Å²) in [7, 11) is 0. The first-order chi connectivity index (χ1) is 13.7. The van der Waals surface area contributed by atoms with Crippen LogP contribution in [0.4, 0.5) is 0 Å². The van der Waals surface area contributed by atoms with Crippen molar-refractivity contribution >= 4 is 11.8 Å². The lowest BCUT2D eigenvalue weighted by Gasteiger charge is -2.32. The first kappa shape index (κ1) is 20.6. The predicted molar refractivity (Wildman–Crippen MR) is 104 cm³/mol. The van der Waals surface area contributed by atoms with Crippen molar-refractivity contribution in [2.45, 2.75) is 19.8 Å². The monoisotopic (exact) mass is 390 g/mol. The molecule has 1 atom stereocenters. The van der Waals surface area contributed by atoms with Crippen molar-refractivity contribution in [2.75, 3.05) is 59.2 Å². The Hall–Kier alpha value is -2.12. The molecule has 154 valence electrons. The highest BCUT2D eigenvalue weighted by atomic mass is 16.5. The summed E-state index contributed by atoms with van der Waals surface area (Å²) in [6.45, 7) is 7.12. The van der Waals surface area contributed by atoms with Crippen LogP contribution in [0.5, 0.6) is 5.75 Å². The molecule has 2 aliphatic heterocycles. The van der Waals surface area contributed by atoms with E-state index in [9.17, 15) is 9.59 Å². The molecule has 2 fully saturated rings. The minimum absolute atomic E-state index is 0.0329. The molecule has 0 saturated carbocycles. The number of ether oxygens (including phenoxy) is 3. The van der Waals surface area contributed by atoms with Gasteiger partial charge in [-0.15, -0.1) is 0 Å². The summed E-state index contributed by atoms with van der Waals surface area (Å²) >= 11 is 0. The van der Waals surface area contributed by atoms with Crippen LogP contribution in [-0.2, 0) is 14.3 Å². The molecule has 7 nitrogen and oxygen atoms in total. The van der Waals surface area contributed by atoms with Crippen LogP contribution >= 0.6 is 0 Å². The fourth-order valence-corrected chi connectivity index (χ4v) is 3.57. The Bertz CT molecular complexity index is 643. The van der Waals surface area contributed by atoms with Gasteiger partial charge in [0.2, 0.25) is 5.91 Å². The maximum atomic E-state index is 12.5. The van der Waals surface area contributed by atoms with E-state index in [2.05, 4.69) is 0 Å². The van der Waals surface area contributed by atoms with E-state index in [4.69, 9.17) is 14.2 Å². The zero-order valence-corrected chi connectivity index (χ0v) is 16.6. The van der Waals surface area contributed by atoms with E-state index in [-0.39, 0.29) is 18.4 Å². The van der Waals surface area contributed by atoms with Gasteiger partial charge in [0, 0.05) is 44.3 Å². The Labute approximate surface area is 166 Å². The predicted octanol–water partition coefficient (Wildman–Crippen LogP) is 1.81. The van der Waals surface area contributed by atoms with Gasteiger partial charge in [0.25, 0.3) is 5.91 Å². The summed E-state index contributed by atoms with van der Waals surface area (Å²) in [5.74, 6) is 1.15. The van der Waals surface area contributed by atoms with Crippen LogP contribution < -0.4 is 4.74 Å². The first-order valence-corrected chi connectivity index (χ1v) is 10.1. The highest BCUT2D eigenvalue weighted by Crippen LogP contribution is 2.20. The van der Waals surface area contributed by atoms with Crippen molar-refractivity contribution in [3.05, 3.63) is 29.8 Å². The third kappa shape index (κ3) is 5.69. The Morgan fingerprint density at radius 2 is 1.86 bits per heavy atom. The van der Waals surface area contributed by atoms with Gasteiger partial charge in [-0.05, 0) is 44.0 Å². The summed E-state index contributed by atoms with van der Waals surface area (Å²) in [5.41, 5.74) is 0.666. The highest BCUT2D eigenvalue weighted by molar-refractivity contribution is 5.94. The number of carbonyl (C=O) groups is 2. The number of hydrogen-bond donors (Lipinski definition) is 0. The summed E-state index contributed by atoms with van der Waals surface area (Å²) in [5, 5.41) is 0. The van der Waals surface area contributed by atoms with Crippen molar-refractivity contribution in [1.29, 1.82) is 0 Å². The number of piperidine rings is 1. The Morgan fingerprint density at radius 1 is 1.11 bits per heavy atom. The maximum Gasteiger partial charge on any atom is 0.254 e. The van der Waals surface area contributed by atoms with Crippen LogP contribution in [0, 0.1) is 5.92 Å². The normalized spacial score (nSPS) is 20.1. The van der Waals surface area contributed by atoms with E-state index >= 15 is 0 Å². The van der Waals surface area contributed by atoms with Crippen molar-refractivity contribution in [2.24, 2.45) is 5.92 Å². The van der Waals surface area contributed by atoms with Crippen LogP contribution in [0.3, 0.4) is 0 Å². The molecule has 0 radical (unpaired) electrons. The average molecular weight is 390 g/mol. The largest absolute Gasteiger partial charge is 0.493 e. The lowest BCUT2D eigenvalue weighted by molar-refractivity contribution is -0.138. The smallest absolute Gasteiger partial charge is 0.254 e. The third-order valence-electron chi connectivity index (χ3n) is 5.19. The van der Waals surface area contributed by atoms with Gasteiger partial charge in [0.15, 0.2) is 0 Å². The Kier molecular flexibility index (Phi) is 7.68. The van der Waals surface area contributed by atoms with Gasteiger partial charge >= 0.3 is 0 Å². The zero-order valence-electron chi connectivity index (χ0n) is 16.6. The Morgan fingerprint density at radius 3 is 2.57 bits per heavy atom. The molecular formula is C21H30N2O5. The van der Waals surface area contributed by atoms with Gasteiger partial charge in [0.05, 0.1) is 19.8 Å². The molecule has 7 heteroatoms. The van der Waals surface area contributed by atoms with Crippen molar-refractivity contribution in [1.82, 2.24) is 9.80 Å². The van der Waals surface area contributed by atoms with E-state index < -0.39 is 0 Å². The molecule has 2 heterocycles. The number of rotatable bonds is 7. The summed E-state index contributed by atoms with van der Waals surface area (Å²) < 4.78 is 16.4. The molecule has 2 saturated heterocycles. The topological polar surface area (TPSA) is 68.3 Å². The molecule has 0 aliphatic carbocycles. The minimum Gasteiger partial charge on any atom is -0.493 e. The fraction of sp³-hybridized carbons (Fsp3) is 0.619. The van der Waals surface area contributed by atoms with Crippen LogP contribution in [0.1, 0.15) is 30.1 Å². The zero-order chi connectivity index (χ0) is 19.8. The van der Waals surface area contributed by atoms with Gasteiger partial charge in [-0.2, -0.15) is 0 Å². The van der Waals surface area contributed by atoms with Gasteiger partial charge in [-0.25, -0.2) is 0 Å². The minimum atomic E-state index is 0.0329. The van der Waals surface area contributed by atoms with Crippen LogP contribution in [0.2, 0.25) is 0 Å².